The van der Waals surface area contributed by atoms with Crippen LogP contribution in [0.25, 0.3) is 0 Å². The van der Waals surface area contributed by atoms with Gasteiger partial charge in [-0.1, -0.05) is 17.8 Å². The zero-order valence-electron chi connectivity index (χ0n) is 16.5. The van der Waals surface area contributed by atoms with E-state index in [0.29, 0.717) is 45.1 Å². The van der Waals surface area contributed by atoms with Crippen LogP contribution in [0.5, 0.6) is 5.75 Å². The highest BCUT2D eigenvalue weighted by Gasteiger charge is 2.32. The van der Waals surface area contributed by atoms with Gasteiger partial charge in [-0.05, 0) is 43.5 Å². The Hall–Kier alpha value is -1.94. The molecule has 0 unspecified atom stereocenters. The van der Waals surface area contributed by atoms with E-state index in [0.717, 1.165) is 15.9 Å². The van der Waals surface area contributed by atoms with Crippen LogP contribution in [0.1, 0.15) is 17.5 Å². The standard InChI is InChI=1S/C19H25F3N4O2S/c1-14-4-5-16(12-15(14)2)28-8-3-11-29-18-24-23-17(25-6-9-27-10-7-25)26(18)13-19(20,21)22/h4-5,12H,3,6-11,13H2,1-2H3. The molecule has 0 amide bonds. The average Bonchev–Trinajstić information content (AvgIpc) is 3.06. The van der Waals surface area contributed by atoms with Crippen LogP contribution in [0, 0.1) is 13.8 Å². The van der Waals surface area contributed by atoms with E-state index in [1.165, 1.54) is 17.3 Å². The number of nitrogens with zero attached hydrogens (tertiary/aromatic N) is 4. The third kappa shape index (κ3) is 6.27. The molecule has 2 aromatic rings. The van der Waals surface area contributed by atoms with E-state index < -0.39 is 12.7 Å². The smallest absolute Gasteiger partial charge is 0.406 e. The van der Waals surface area contributed by atoms with Crippen molar-refractivity contribution in [2.75, 3.05) is 43.6 Å². The molecule has 1 aromatic heterocycles. The molecule has 0 spiro atoms. The first-order valence-electron chi connectivity index (χ1n) is 9.49. The molecule has 0 aliphatic carbocycles. The van der Waals surface area contributed by atoms with Crippen LogP contribution in [0.15, 0.2) is 23.4 Å². The molecule has 0 saturated carbocycles. The molecule has 0 radical (unpaired) electrons. The molecule has 160 valence electrons. The van der Waals surface area contributed by atoms with Gasteiger partial charge in [-0.15, -0.1) is 10.2 Å². The maximum Gasteiger partial charge on any atom is 0.406 e. The lowest BCUT2D eigenvalue weighted by Crippen LogP contribution is -2.38. The van der Waals surface area contributed by atoms with E-state index in [-0.39, 0.29) is 11.1 Å². The molecule has 10 heteroatoms. The summed E-state index contributed by atoms with van der Waals surface area (Å²) < 4.78 is 51.4. The minimum absolute atomic E-state index is 0.250. The van der Waals surface area contributed by atoms with Crippen molar-refractivity contribution in [1.82, 2.24) is 14.8 Å². The lowest BCUT2D eigenvalue weighted by Gasteiger charge is -2.28. The van der Waals surface area contributed by atoms with Crippen molar-refractivity contribution >= 4 is 17.7 Å². The Bertz CT molecular complexity index is 807. The maximum absolute atomic E-state index is 13.1. The minimum atomic E-state index is -4.34. The number of aryl methyl sites for hydroxylation is 2. The first-order chi connectivity index (χ1) is 13.8. The first-order valence-corrected chi connectivity index (χ1v) is 10.5. The third-order valence-electron chi connectivity index (χ3n) is 4.60. The van der Waals surface area contributed by atoms with Gasteiger partial charge < -0.3 is 14.4 Å². The van der Waals surface area contributed by atoms with Gasteiger partial charge in [0.15, 0.2) is 5.16 Å². The minimum Gasteiger partial charge on any atom is -0.494 e. The summed E-state index contributed by atoms with van der Waals surface area (Å²) in [7, 11) is 0. The van der Waals surface area contributed by atoms with Crippen molar-refractivity contribution in [2.45, 2.75) is 38.1 Å². The van der Waals surface area contributed by atoms with Crippen molar-refractivity contribution in [1.29, 1.82) is 0 Å². The van der Waals surface area contributed by atoms with Crippen LogP contribution < -0.4 is 9.64 Å². The van der Waals surface area contributed by atoms with Gasteiger partial charge in [0.05, 0.1) is 19.8 Å². The Morgan fingerprint density at radius 2 is 1.90 bits per heavy atom. The quantitative estimate of drug-likeness (QED) is 0.468. The van der Waals surface area contributed by atoms with Crippen molar-refractivity contribution in [3.8, 4) is 5.75 Å². The number of alkyl halides is 3. The molecule has 0 bridgehead atoms. The number of morpholine rings is 1. The number of aromatic nitrogens is 3. The predicted octanol–water partition coefficient (Wildman–Crippen LogP) is 3.86. The lowest BCUT2D eigenvalue weighted by atomic mass is 10.1. The van der Waals surface area contributed by atoms with Gasteiger partial charge in [0.1, 0.15) is 12.3 Å². The number of rotatable bonds is 8. The monoisotopic (exact) mass is 430 g/mol. The summed E-state index contributed by atoms with van der Waals surface area (Å²) in [6, 6.07) is 5.91. The maximum atomic E-state index is 13.1. The van der Waals surface area contributed by atoms with Gasteiger partial charge in [0.2, 0.25) is 5.95 Å². The highest BCUT2D eigenvalue weighted by molar-refractivity contribution is 7.99. The number of hydrogen-bond acceptors (Lipinski definition) is 6. The largest absolute Gasteiger partial charge is 0.494 e. The van der Waals surface area contributed by atoms with Gasteiger partial charge in [-0.25, -0.2) is 0 Å². The second kappa shape index (κ2) is 9.71. The molecule has 1 fully saturated rings. The number of ether oxygens (including phenoxy) is 2. The Morgan fingerprint density at radius 3 is 2.59 bits per heavy atom. The molecular weight excluding hydrogens is 405 g/mol. The van der Waals surface area contributed by atoms with Gasteiger partial charge in [-0.2, -0.15) is 13.2 Å². The van der Waals surface area contributed by atoms with Crippen LogP contribution in [-0.2, 0) is 11.3 Å². The lowest BCUT2D eigenvalue weighted by molar-refractivity contribution is -0.141. The van der Waals surface area contributed by atoms with Crippen molar-refractivity contribution in [2.24, 2.45) is 0 Å². The van der Waals surface area contributed by atoms with E-state index >= 15 is 0 Å². The van der Waals surface area contributed by atoms with Crippen LogP contribution >= 0.6 is 11.8 Å². The van der Waals surface area contributed by atoms with Crippen LogP contribution in [0.2, 0.25) is 0 Å². The molecule has 2 heterocycles. The van der Waals surface area contributed by atoms with E-state index in [1.807, 2.05) is 32.0 Å². The summed E-state index contributed by atoms with van der Waals surface area (Å²) in [4.78, 5) is 1.79. The average molecular weight is 430 g/mol. The van der Waals surface area contributed by atoms with E-state index in [9.17, 15) is 13.2 Å². The zero-order valence-corrected chi connectivity index (χ0v) is 17.4. The highest BCUT2D eigenvalue weighted by Crippen LogP contribution is 2.28. The summed E-state index contributed by atoms with van der Waals surface area (Å²) in [5.41, 5.74) is 2.36. The van der Waals surface area contributed by atoms with E-state index in [4.69, 9.17) is 9.47 Å². The highest BCUT2D eigenvalue weighted by atomic mass is 32.2. The normalized spacial score (nSPS) is 15.0. The van der Waals surface area contributed by atoms with Crippen molar-refractivity contribution < 1.29 is 22.6 Å². The van der Waals surface area contributed by atoms with E-state index in [1.54, 1.807) is 4.90 Å². The summed E-state index contributed by atoms with van der Waals surface area (Å²) in [6.07, 6.45) is -3.66. The Balaban J connectivity index is 1.56. The SMILES string of the molecule is Cc1ccc(OCCCSc2nnc(N3CCOCC3)n2CC(F)(F)F)cc1C. The number of hydrogen-bond donors (Lipinski definition) is 0. The number of anilines is 1. The van der Waals surface area contributed by atoms with Crippen LogP contribution in [-0.4, -0.2) is 59.6 Å². The second-order valence-electron chi connectivity index (χ2n) is 6.88. The van der Waals surface area contributed by atoms with E-state index in [2.05, 4.69) is 10.2 Å². The topological polar surface area (TPSA) is 52.4 Å². The molecular formula is C19H25F3N4O2S. The second-order valence-corrected chi connectivity index (χ2v) is 7.94. The zero-order chi connectivity index (χ0) is 20.9. The van der Waals surface area contributed by atoms with Crippen LogP contribution in [0.4, 0.5) is 19.1 Å². The number of thioether (sulfide) groups is 1. The molecule has 1 aliphatic rings. The summed E-state index contributed by atoms with van der Waals surface area (Å²) >= 11 is 1.26. The fraction of sp³-hybridized carbons (Fsp3) is 0.579. The number of halogens is 3. The van der Waals surface area contributed by atoms with Gasteiger partial charge in [0, 0.05) is 18.8 Å². The summed E-state index contributed by atoms with van der Waals surface area (Å²) in [5.74, 6) is 1.64. The molecule has 1 saturated heterocycles. The molecule has 1 aromatic carbocycles. The van der Waals surface area contributed by atoms with Crippen molar-refractivity contribution in [3.63, 3.8) is 0 Å². The molecule has 0 N–H and O–H groups in total. The fourth-order valence-corrected chi connectivity index (χ4v) is 3.76. The van der Waals surface area contributed by atoms with Crippen molar-refractivity contribution in [3.05, 3.63) is 29.3 Å². The van der Waals surface area contributed by atoms with Gasteiger partial charge >= 0.3 is 6.18 Å². The first kappa shape index (κ1) is 21.8. The van der Waals surface area contributed by atoms with Gasteiger partial charge in [0.25, 0.3) is 0 Å². The number of benzene rings is 1. The van der Waals surface area contributed by atoms with Crippen LogP contribution in [0.3, 0.4) is 0 Å². The third-order valence-corrected chi connectivity index (χ3v) is 5.65. The molecule has 3 rings (SSSR count). The Morgan fingerprint density at radius 1 is 1.14 bits per heavy atom. The Kier molecular flexibility index (Phi) is 7.28. The molecule has 6 nitrogen and oxygen atoms in total. The fourth-order valence-electron chi connectivity index (χ4n) is 2.92. The molecule has 1 aliphatic heterocycles. The molecule has 0 atom stereocenters. The predicted molar refractivity (Wildman–Crippen MR) is 106 cm³/mol. The summed E-state index contributed by atoms with van der Waals surface area (Å²) in [5, 5.41) is 8.30. The summed E-state index contributed by atoms with van der Waals surface area (Å²) in [6.45, 7) is 5.40. The molecule has 29 heavy (non-hydrogen) atoms. The Labute approximate surface area is 172 Å². The van der Waals surface area contributed by atoms with Gasteiger partial charge in [-0.3, -0.25) is 4.57 Å².